The molecule has 0 spiro atoms. The van der Waals surface area contributed by atoms with Crippen molar-refractivity contribution < 1.29 is 14.6 Å². The number of aryl methyl sites for hydroxylation is 2. The lowest BCUT2D eigenvalue weighted by atomic mass is 9.85. The predicted molar refractivity (Wildman–Crippen MR) is 114 cm³/mol. The van der Waals surface area contributed by atoms with Crippen LogP contribution < -0.4 is 0 Å². The van der Waals surface area contributed by atoms with Crippen LogP contribution >= 0.6 is 11.8 Å². The maximum absolute atomic E-state index is 12.8. The number of benzene rings is 2. The Hall–Kier alpha value is -2.20. The maximum atomic E-state index is 12.8. The lowest BCUT2D eigenvalue weighted by molar-refractivity contribution is -0.159. The topological polar surface area (TPSA) is 46.5 Å². The Bertz CT molecular complexity index is 844. The molecule has 3 rings (SSSR count). The largest absolute Gasteiger partial charge is 0.511 e. The first-order valence-electron chi connectivity index (χ1n) is 10.0. The molecule has 1 atom stereocenters. The van der Waals surface area contributed by atoms with Crippen molar-refractivity contribution in [2.24, 2.45) is 0 Å². The summed E-state index contributed by atoms with van der Waals surface area (Å²) in [5.41, 5.74) is 1.75. The first-order chi connectivity index (χ1) is 13.6. The van der Waals surface area contributed by atoms with Gasteiger partial charge < -0.3 is 9.84 Å². The predicted octanol–water partition coefficient (Wildman–Crippen LogP) is 6.23. The zero-order valence-corrected chi connectivity index (χ0v) is 17.4. The summed E-state index contributed by atoms with van der Waals surface area (Å²) in [5, 5.41) is 10.8. The average molecular weight is 397 g/mol. The van der Waals surface area contributed by atoms with Gasteiger partial charge in [0.15, 0.2) is 0 Å². The van der Waals surface area contributed by atoms with Crippen molar-refractivity contribution in [3.8, 4) is 0 Å². The van der Waals surface area contributed by atoms with Crippen LogP contribution in [0, 0.1) is 0 Å². The molecule has 0 fully saturated rings. The molecule has 3 nitrogen and oxygen atoms in total. The Morgan fingerprint density at radius 2 is 1.75 bits per heavy atom. The zero-order valence-electron chi connectivity index (χ0n) is 16.6. The van der Waals surface area contributed by atoms with E-state index in [2.05, 4.69) is 32.0 Å². The van der Waals surface area contributed by atoms with Crippen molar-refractivity contribution >= 4 is 17.7 Å². The SMILES string of the molecule is CCCC1(CCc2ccccc2)CC(O)=C(Sc2ccccc2CC)C(=O)O1. The van der Waals surface area contributed by atoms with E-state index >= 15 is 0 Å². The van der Waals surface area contributed by atoms with Crippen LogP contribution in [0.4, 0.5) is 0 Å². The fraction of sp³-hybridized carbons (Fsp3) is 0.375. The number of carbonyl (C=O) groups excluding carboxylic acids is 1. The Morgan fingerprint density at radius 1 is 1.04 bits per heavy atom. The van der Waals surface area contributed by atoms with Gasteiger partial charge in [-0.3, -0.25) is 0 Å². The molecule has 0 amide bonds. The van der Waals surface area contributed by atoms with E-state index in [0.717, 1.165) is 36.1 Å². The Labute approximate surface area is 171 Å². The lowest BCUT2D eigenvalue weighted by Crippen LogP contribution is -2.40. The van der Waals surface area contributed by atoms with Crippen LogP contribution in [0.15, 0.2) is 70.2 Å². The molecule has 0 saturated heterocycles. The molecule has 0 aromatic heterocycles. The van der Waals surface area contributed by atoms with Gasteiger partial charge in [0.1, 0.15) is 16.3 Å². The summed E-state index contributed by atoms with van der Waals surface area (Å²) in [6, 6.07) is 18.2. The first-order valence-corrected chi connectivity index (χ1v) is 10.8. The monoisotopic (exact) mass is 396 g/mol. The quantitative estimate of drug-likeness (QED) is 0.537. The van der Waals surface area contributed by atoms with Crippen LogP contribution in [0.3, 0.4) is 0 Å². The summed E-state index contributed by atoms with van der Waals surface area (Å²) >= 11 is 1.32. The van der Waals surface area contributed by atoms with E-state index in [4.69, 9.17) is 4.74 Å². The van der Waals surface area contributed by atoms with E-state index in [1.165, 1.54) is 17.3 Å². The summed E-state index contributed by atoms with van der Waals surface area (Å²) in [7, 11) is 0. The van der Waals surface area contributed by atoms with E-state index < -0.39 is 11.6 Å². The van der Waals surface area contributed by atoms with Gasteiger partial charge in [0.25, 0.3) is 0 Å². The van der Waals surface area contributed by atoms with Crippen LogP contribution in [0.25, 0.3) is 0 Å². The third-order valence-corrected chi connectivity index (χ3v) is 6.45. The second kappa shape index (κ2) is 9.33. The summed E-state index contributed by atoms with van der Waals surface area (Å²) in [4.78, 5) is 14.2. The van der Waals surface area contributed by atoms with E-state index in [0.29, 0.717) is 17.7 Å². The van der Waals surface area contributed by atoms with Crippen LogP contribution in [0.1, 0.15) is 50.7 Å². The molecule has 2 aromatic carbocycles. The average Bonchev–Trinajstić information content (AvgIpc) is 2.71. The molecule has 28 heavy (non-hydrogen) atoms. The number of aliphatic hydroxyl groups is 1. The molecule has 0 saturated carbocycles. The van der Waals surface area contributed by atoms with Gasteiger partial charge >= 0.3 is 5.97 Å². The molecule has 1 N–H and O–H groups in total. The van der Waals surface area contributed by atoms with Crippen molar-refractivity contribution in [3.05, 3.63) is 76.4 Å². The third kappa shape index (κ3) is 4.79. The van der Waals surface area contributed by atoms with Gasteiger partial charge in [-0.25, -0.2) is 4.79 Å². The normalized spacial score (nSPS) is 19.6. The third-order valence-electron chi connectivity index (χ3n) is 5.23. The molecule has 4 heteroatoms. The van der Waals surface area contributed by atoms with Crippen molar-refractivity contribution in [1.29, 1.82) is 0 Å². The number of cyclic esters (lactones) is 1. The van der Waals surface area contributed by atoms with Crippen LogP contribution in [0.5, 0.6) is 0 Å². The molecule has 148 valence electrons. The minimum atomic E-state index is -0.625. The molecule has 0 radical (unpaired) electrons. The van der Waals surface area contributed by atoms with E-state index in [1.807, 2.05) is 36.4 Å². The number of ether oxygens (including phenoxy) is 1. The smallest absolute Gasteiger partial charge is 0.349 e. The van der Waals surface area contributed by atoms with Gasteiger partial charge in [-0.2, -0.15) is 0 Å². The van der Waals surface area contributed by atoms with Gasteiger partial charge in [-0.05, 0) is 42.9 Å². The molecule has 1 aliphatic heterocycles. The van der Waals surface area contributed by atoms with Gasteiger partial charge in [0.2, 0.25) is 0 Å². The van der Waals surface area contributed by atoms with Crippen molar-refractivity contribution in [1.82, 2.24) is 0 Å². The summed E-state index contributed by atoms with van der Waals surface area (Å²) < 4.78 is 5.99. The fourth-order valence-corrected chi connectivity index (χ4v) is 4.79. The van der Waals surface area contributed by atoms with Gasteiger partial charge in [-0.15, -0.1) is 0 Å². The van der Waals surface area contributed by atoms with Gasteiger partial charge in [0, 0.05) is 11.3 Å². The summed E-state index contributed by atoms with van der Waals surface area (Å²) in [6.07, 6.45) is 4.45. The molecular weight excluding hydrogens is 368 g/mol. The van der Waals surface area contributed by atoms with Gasteiger partial charge in [0.05, 0.1) is 0 Å². The first kappa shape index (κ1) is 20.5. The number of rotatable bonds is 8. The van der Waals surface area contributed by atoms with E-state index in [9.17, 15) is 9.90 Å². The minimum absolute atomic E-state index is 0.161. The molecule has 2 aromatic rings. The number of esters is 1. The summed E-state index contributed by atoms with van der Waals surface area (Å²) in [5.74, 6) is -0.241. The minimum Gasteiger partial charge on any atom is -0.511 e. The highest BCUT2D eigenvalue weighted by Gasteiger charge is 2.41. The van der Waals surface area contributed by atoms with Crippen molar-refractivity contribution in [2.75, 3.05) is 0 Å². The second-order valence-corrected chi connectivity index (χ2v) is 8.38. The Kier molecular flexibility index (Phi) is 6.84. The molecule has 0 aliphatic carbocycles. The number of aliphatic hydroxyl groups excluding tert-OH is 1. The lowest BCUT2D eigenvalue weighted by Gasteiger charge is -2.37. The van der Waals surface area contributed by atoms with Crippen molar-refractivity contribution in [3.63, 3.8) is 0 Å². The highest BCUT2D eigenvalue weighted by atomic mass is 32.2. The van der Waals surface area contributed by atoms with Gasteiger partial charge in [-0.1, -0.05) is 80.6 Å². The molecule has 1 aliphatic rings. The highest BCUT2D eigenvalue weighted by Crippen LogP contribution is 2.42. The Balaban J connectivity index is 1.80. The number of thioether (sulfide) groups is 1. The molecule has 0 bridgehead atoms. The molecular formula is C24H28O3S. The summed E-state index contributed by atoms with van der Waals surface area (Å²) in [6.45, 7) is 4.17. The standard InChI is InChI=1S/C24H28O3S/c1-3-15-24(16-14-18-10-6-5-7-11-18)17-20(25)22(23(26)27-24)28-21-13-9-8-12-19(21)4-2/h5-13,25H,3-4,14-17H2,1-2H3. The Morgan fingerprint density at radius 3 is 2.43 bits per heavy atom. The number of hydrogen-bond acceptors (Lipinski definition) is 4. The maximum Gasteiger partial charge on any atom is 0.349 e. The van der Waals surface area contributed by atoms with Crippen LogP contribution in [0.2, 0.25) is 0 Å². The van der Waals surface area contributed by atoms with E-state index in [-0.39, 0.29) is 5.76 Å². The van der Waals surface area contributed by atoms with Crippen LogP contribution in [-0.2, 0) is 22.4 Å². The van der Waals surface area contributed by atoms with Crippen LogP contribution in [-0.4, -0.2) is 16.7 Å². The fourth-order valence-electron chi connectivity index (χ4n) is 3.76. The number of carbonyl (C=O) groups is 1. The molecule has 1 heterocycles. The zero-order chi connectivity index (χ0) is 20.0. The highest BCUT2D eigenvalue weighted by molar-refractivity contribution is 8.04. The van der Waals surface area contributed by atoms with E-state index in [1.54, 1.807) is 0 Å². The van der Waals surface area contributed by atoms with Crippen molar-refractivity contribution in [2.45, 2.75) is 62.9 Å². The second-order valence-electron chi connectivity index (χ2n) is 7.32. The molecule has 1 unspecified atom stereocenters. The number of hydrogen-bond donors (Lipinski definition) is 1.